The first-order chi connectivity index (χ1) is 16.8. The van der Waals surface area contributed by atoms with Gasteiger partial charge in [-0.1, -0.05) is 36.4 Å². The highest BCUT2D eigenvalue weighted by atomic mass is 79.9. The van der Waals surface area contributed by atoms with Gasteiger partial charge in [0.25, 0.3) is 5.91 Å². The lowest BCUT2D eigenvalue weighted by Gasteiger charge is -2.41. The summed E-state index contributed by atoms with van der Waals surface area (Å²) in [7, 11) is 0. The Morgan fingerprint density at radius 3 is 2.29 bits per heavy atom. The molecule has 0 radical (unpaired) electrons. The van der Waals surface area contributed by atoms with Gasteiger partial charge < -0.3 is 4.74 Å². The van der Waals surface area contributed by atoms with Crippen LogP contribution in [0.2, 0.25) is 0 Å². The number of para-hydroxylation sites is 1. The molecule has 1 aliphatic rings. The number of benzene rings is 3. The van der Waals surface area contributed by atoms with Crippen LogP contribution in [-0.2, 0) is 16.1 Å². The molecule has 0 saturated carbocycles. The Morgan fingerprint density at radius 2 is 1.63 bits per heavy atom. The van der Waals surface area contributed by atoms with E-state index in [2.05, 4.69) is 15.9 Å². The van der Waals surface area contributed by atoms with Gasteiger partial charge in [0.15, 0.2) is 0 Å². The highest BCUT2D eigenvalue weighted by molar-refractivity contribution is 9.12. The van der Waals surface area contributed by atoms with Gasteiger partial charge in [-0.05, 0) is 58.8 Å². The quantitative estimate of drug-likeness (QED) is 0.323. The van der Waals surface area contributed by atoms with E-state index < -0.39 is 41.0 Å². The second-order valence-electron chi connectivity index (χ2n) is 7.65. The standard InChI is InChI=1S/C26H19BrF4N2O2/c1-16-32(13-12-17-6-3-2-4-7-17)26(35-15-18-10-11-19(28)14-22(18)31)23(27)25(34)33(16)24-20(29)8-5-9-21(24)30/h2-14,16H,15H2,1H3. The van der Waals surface area contributed by atoms with Crippen LogP contribution in [0.1, 0.15) is 18.1 Å². The zero-order valence-electron chi connectivity index (χ0n) is 18.4. The third-order valence-electron chi connectivity index (χ3n) is 5.39. The SMILES string of the molecule is CC1N(C=Cc2ccccc2)C(OCc2ccc(F)cc2F)=C(Br)C(=O)N1c1c(F)cccc1F. The first kappa shape index (κ1) is 24.5. The molecule has 0 fully saturated rings. The molecule has 3 aromatic rings. The lowest BCUT2D eigenvalue weighted by atomic mass is 10.2. The Bertz CT molecular complexity index is 1290. The summed E-state index contributed by atoms with van der Waals surface area (Å²) in [4.78, 5) is 15.7. The van der Waals surface area contributed by atoms with Crippen LogP contribution in [0.5, 0.6) is 0 Å². The molecule has 0 spiro atoms. The maximum Gasteiger partial charge on any atom is 0.272 e. The van der Waals surface area contributed by atoms with Gasteiger partial charge in [0.2, 0.25) is 5.88 Å². The third-order valence-corrected chi connectivity index (χ3v) is 6.07. The Kier molecular flexibility index (Phi) is 7.25. The van der Waals surface area contributed by atoms with Crippen LogP contribution >= 0.6 is 15.9 Å². The number of hydrogen-bond acceptors (Lipinski definition) is 3. The molecule has 0 aromatic heterocycles. The normalized spacial score (nSPS) is 16.4. The molecular formula is C26H19BrF4N2O2. The first-order valence-electron chi connectivity index (χ1n) is 10.5. The monoisotopic (exact) mass is 546 g/mol. The molecule has 4 nitrogen and oxygen atoms in total. The molecule has 1 aliphatic heterocycles. The summed E-state index contributed by atoms with van der Waals surface area (Å²) >= 11 is 3.19. The summed E-state index contributed by atoms with van der Waals surface area (Å²) in [6.07, 6.45) is 2.39. The predicted molar refractivity (Wildman–Crippen MR) is 128 cm³/mol. The average Bonchev–Trinajstić information content (AvgIpc) is 2.83. The van der Waals surface area contributed by atoms with Crippen molar-refractivity contribution in [2.45, 2.75) is 19.7 Å². The van der Waals surface area contributed by atoms with Gasteiger partial charge in [-0.15, -0.1) is 0 Å². The topological polar surface area (TPSA) is 32.8 Å². The number of amides is 1. The van der Waals surface area contributed by atoms with Gasteiger partial charge >= 0.3 is 0 Å². The van der Waals surface area contributed by atoms with Crippen LogP contribution in [0.15, 0.2) is 83.3 Å². The van der Waals surface area contributed by atoms with Crippen molar-refractivity contribution < 1.29 is 27.1 Å². The van der Waals surface area contributed by atoms with Crippen LogP contribution in [-0.4, -0.2) is 17.0 Å². The minimum Gasteiger partial charge on any atom is -0.473 e. The van der Waals surface area contributed by atoms with Crippen LogP contribution in [0.4, 0.5) is 23.2 Å². The van der Waals surface area contributed by atoms with Crippen molar-refractivity contribution in [1.29, 1.82) is 0 Å². The summed E-state index contributed by atoms with van der Waals surface area (Å²) in [5.41, 5.74) is 0.373. The maximum absolute atomic E-state index is 14.6. The van der Waals surface area contributed by atoms with E-state index in [0.717, 1.165) is 34.7 Å². The van der Waals surface area contributed by atoms with E-state index in [1.165, 1.54) is 17.0 Å². The van der Waals surface area contributed by atoms with Crippen molar-refractivity contribution in [2.75, 3.05) is 4.90 Å². The van der Waals surface area contributed by atoms with Crippen molar-refractivity contribution in [1.82, 2.24) is 4.90 Å². The molecule has 1 unspecified atom stereocenters. The first-order valence-corrected chi connectivity index (χ1v) is 11.3. The molecule has 4 rings (SSSR count). The lowest BCUT2D eigenvalue weighted by Crippen LogP contribution is -2.52. The fraction of sp³-hybridized carbons (Fsp3) is 0.115. The Hall–Kier alpha value is -3.59. The van der Waals surface area contributed by atoms with Crippen molar-refractivity contribution in [3.05, 3.63) is 118 Å². The number of anilines is 1. The van der Waals surface area contributed by atoms with Gasteiger partial charge in [0.1, 0.15) is 46.2 Å². The van der Waals surface area contributed by atoms with Crippen LogP contribution in [0.25, 0.3) is 6.08 Å². The van der Waals surface area contributed by atoms with E-state index in [0.29, 0.717) is 0 Å². The molecular weight excluding hydrogens is 528 g/mol. The number of hydrogen-bond donors (Lipinski definition) is 0. The summed E-state index contributed by atoms with van der Waals surface area (Å²) in [5.74, 6) is -4.10. The fourth-order valence-corrected chi connectivity index (χ4v) is 4.14. The maximum atomic E-state index is 14.6. The molecule has 0 N–H and O–H groups in total. The van der Waals surface area contributed by atoms with Crippen LogP contribution < -0.4 is 4.90 Å². The molecule has 1 atom stereocenters. The second kappa shape index (κ2) is 10.4. The Morgan fingerprint density at radius 1 is 0.943 bits per heavy atom. The number of rotatable bonds is 6. The van der Waals surface area contributed by atoms with Gasteiger partial charge in [0, 0.05) is 17.8 Å². The zero-order chi connectivity index (χ0) is 25.1. The molecule has 0 aliphatic carbocycles. The van der Waals surface area contributed by atoms with E-state index in [-0.39, 0.29) is 22.5 Å². The summed E-state index contributed by atoms with van der Waals surface area (Å²) < 4.78 is 62.4. The number of carbonyl (C=O) groups is 1. The highest BCUT2D eigenvalue weighted by Crippen LogP contribution is 2.36. The fourth-order valence-electron chi connectivity index (χ4n) is 3.63. The van der Waals surface area contributed by atoms with E-state index in [1.807, 2.05) is 30.3 Å². The largest absolute Gasteiger partial charge is 0.473 e. The average molecular weight is 547 g/mol. The van der Waals surface area contributed by atoms with Gasteiger partial charge in [-0.3, -0.25) is 14.6 Å². The van der Waals surface area contributed by atoms with Crippen LogP contribution in [0.3, 0.4) is 0 Å². The van der Waals surface area contributed by atoms with Crippen molar-refractivity contribution in [3.8, 4) is 0 Å². The molecule has 9 heteroatoms. The smallest absolute Gasteiger partial charge is 0.272 e. The molecule has 35 heavy (non-hydrogen) atoms. The molecule has 0 bridgehead atoms. The van der Waals surface area contributed by atoms with E-state index in [4.69, 9.17) is 4.74 Å². The van der Waals surface area contributed by atoms with E-state index in [9.17, 15) is 22.4 Å². The summed E-state index contributed by atoms with van der Waals surface area (Å²) in [6.45, 7) is 1.25. The lowest BCUT2D eigenvalue weighted by molar-refractivity contribution is -0.117. The number of ether oxygens (including phenoxy) is 1. The molecule has 180 valence electrons. The molecule has 1 amide bonds. The van der Waals surface area contributed by atoms with Crippen molar-refractivity contribution in [3.63, 3.8) is 0 Å². The van der Waals surface area contributed by atoms with Gasteiger partial charge in [-0.25, -0.2) is 17.6 Å². The van der Waals surface area contributed by atoms with Crippen molar-refractivity contribution >= 4 is 33.6 Å². The second-order valence-corrected chi connectivity index (χ2v) is 8.45. The summed E-state index contributed by atoms with van der Waals surface area (Å²) in [5, 5.41) is 0. The number of halogens is 5. The Labute approximate surface area is 207 Å². The zero-order valence-corrected chi connectivity index (χ0v) is 20.0. The molecule has 3 aromatic carbocycles. The van der Waals surface area contributed by atoms with Crippen molar-refractivity contribution in [2.24, 2.45) is 0 Å². The van der Waals surface area contributed by atoms with Gasteiger partial charge in [-0.2, -0.15) is 0 Å². The van der Waals surface area contributed by atoms with E-state index in [1.54, 1.807) is 19.2 Å². The predicted octanol–water partition coefficient (Wildman–Crippen LogP) is 6.69. The Balaban J connectivity index is 1.75. The minimum atomic E-state index is -0.928. The molecule has 1 heterocycles. The third kappa shape index (κ3) is 5.09. The number of nitrogens with zero attached hydrogens (tertiary/aromatic N) is 2. The number of carbonyl (C=O) groups excluding carboxylic acids is 1. The molecule has 0 saturated heterocycles. The minimum absolute atomic E-state index is 0.00593. The van der Waals surface area contributed by atoms with Crippen LogP contribution in [0, 0.1) is 23.3 Å². The van der Waals surface area contributed by atoms with Gasteiger partial charge in [0.05, 0.1) is 0 Å². The summed E-state index contributed by atoms with van der Waals surface area (Å²) in [6, 6.07) is 15.6. The van der Waals surface area contributed by atoms with E-state index >= 15 is 0 Å². The highest BCUT2D eigenvalue weighted by Gasteiger charge is 2.40.